The molecule has 0 heteroatoms. The zero-order valence-corrected chi connectivity index (χ0v) is 21.9. The van der Waals surface area contributed by atoms with Crippen molar-refractivity contribution < 1.29 is 0 Å². The second kappa shape index (κ2) is 8.81. The second-order valence-corrected chi connectivity index (χ2v) is 12.2. The summed E-state index contributed by atoms with van der Waals surface area (Å²) in [7, 11) is 0. The molecule has 4 aliphatic carbocycles. The second-order valence-electron chi connectivity index (χ2n) is 12.2. The van der Waals surface area contributed by atoms with Crippen LogP contribution < -0.4 is 0 Å². The van der Waals surface area contributed by atoms with E-state index in [1.807, 2.05) is 0 Å². The maximum absolute atomic E-state index is 4.44. The molecule has 4 aliphatic rings. The summed E-state index contributed by atoms with van der Waals surface area (Å²) in [5.41, 5.74) is 14.5. The van der Waals surface area contributed by atoms with Crippen LogP contribution in [0.1, 0.15) is 66.8 Å². The summed E-state index contributed by atoms with van der Waals surface area (Å²) >= 11 is 0. The molecule has 35 heavy (non-hydrogen) atoms. The van der Waals surface area contributed by atoms with Crippen LogP contribution in [-0.4, -0.2) is 0 Å². The summed E-state index contributed by atoms with van der Waals surface area (Å²) in [6.45, 7) is 15.7. The Labute approximate surface area is 212 Å². The lowest BCUT2D eigenvalue weighted by molar-refractivity contribution is 0.331. The van der Waals surface area contributed by atoms with Crippen molar-refractivity contribution in [1.82, 2.24) is 0 Å². The van der Waals surface area contributed by atoms with Crippen LogP contribution in [0.15, 0.2) is 72.4 Å². The average Bonchev–Trinajstić information content (AvgIpc) is 3.56. The summed E-state index contributed by atoms with van der Waals surface area (Å²) in [6.07, 6.45) is 16.2. The molecule has 2 aromatic carbocycles. The van der Waals surface area contributed by atoms with Gasteiger partial charge in [-0.15, -0.1) is 0 Å². The van der Waals surface area contributed by atoms with Crippen LogP contribution in [-0.2, 0) is 12.8 Å². The van der Waals surface area contributed by atoms with Crippen LogP contribution in [0.5, 0.6) is 0 Å². The quantitative estimate of drug-likeness (QED) is 0.390. The van der Waals surface area contributed by atoms with Gasteiger partial charge < -0.3 is 0 Å². The van der Waals surface area contributed by atoms with E-state index >= 15 is 0 Å². The smallest absolute Gasteiger partial charge is 0.00826 e. The molecule has 6 rings (SSSR count). The zero-order chi connectivity index (χ0) is 24.3. The van der Waals surface area contributed by atoms with Crippen molar-refractivity contribution in [3.05, 3.63) is 100 Å². The molecular formula is C35H40. The SMILES string of the molecule is C=C1C=CC(C)C(=C)C1CC1=Cc2cccc(-c3cc(C)cc(C)c3CC3C[C@@H]4CC[C@H]3C4)c2C1. The maximum atomic E-state index is 4.44. The summed E-state index contributed by atoms with van der Waals surface area (Å²) < 4.78 is 0. The standard InChI is InChI=1S/C35H40/c1-21-13-24(4)33(20-30-16-26-11-12-28(30)15-26)35(14-21)31-8-6-7-29-17-27(19-34(29)31)18-32-23(3)10-9-22(2)25(32)5/h6-10,13-14,17,22,26,28,30,32H,3,5,11-12,15-16,18-20H2,1-2,4H3/t22?,26-,28+,30?,32?/m1/s1. The number of benzene rings is 2. The van der Waals surface area contributed by atoms with E-state index in [0.29, 0.717) is 11.8 Å². The molecule has 0 radical (unpaired) electrons. The van der Waals surface area contributed by atoms with Gasteiger partial charge in [0.15, 0.2) is 0 Å². The highest BCUT2D eigenvalue weighted by Crippen LogP contribution is 2.50. The molecule has 0 N–H and O–H groups in total. The van der Waals surface area contributed by atoms with Gasteiger partial charge in [-0.3, -0.25) is 0 Å². The topological polar surface area (TPSA) is 0 Å². The Bertz CT molecular complexity index is 1270. The lowest BCUT2D eigenvalue weighted by Crippen LogP contribution is -2.15. The number of rotatable bonds is 5. The summed E-state index contributed by atoms with van der Waals surface area (Å²) in [4.78, 5) is 0. The molecule has 2 aromatic rings. The van der Waals surface area contributed by atoms with Crippen molar-refractivity contribution in [3.63, 3.8) is 0 Å². The van der Waals surface area contributed by atoms with E-state index in [-0.39, 0.29) is 0 Å². The summed E-state index contributed by atoms with van der Waals surface area (Å²) in [5, 5.41) is 0. The van der Waals surface area contributed by atoms with Crippen LogP contribution in [0.4, 0.5) is 0 Å². The monoisotopic (exact) mass is 460 g/mol. The summed E-state index contributed by atoms with van der Waals surface area (Å²) in [5.74, 6) is 3.67. The van der Waals surface area contributed by atoms with Crippen LogP contribution >= 0.6 is 0 Å². The molecule has 0 aromatic heterocycles. The number of hydrogen-bond donors (Lipinski definition) is 0. The first kappa shape index (κ1) is 22.8. The van der Waals surface area contributed by atoms with Gasteiger partial charge in [0.1, 0.15) is 0 Å². The van der Waals surface area contributed by atoms with E-state index in [1.165, 1.54) is 82.2 Å². The van der Waals surface area contributed by atoms with Crippen LogP contribution in [0.3, 0.4) is 0 Å². The van der Waals surface area contributed by atoms with Gasteiger partial charge in [-0.25, -0.2) is 0 Å². The van der Waals surface area contributed by atoms with Crippen molar-refractivity contribution in [3.8, 4) is 11.1 Å². The van der Waals surface area contributed by atoms with Crippen molar-refractivity contribution in [2.45, 2.75) is 65.7 Å². The van der Waals surface area contributed by atoms with Gasteiger partial charge >= 0.3 is 0 Å². The van der Waals surface area contributed by atoms with Gasteiger partial charge in [0.2, 0.25) is 0 Å². The highest BCUT2D eigenvalue weighted by Gasteiger charge is 2.39. The Morgan fingerprint density at radius 3 is 2.60 bits per heavy atom. The number of aryl methyl sites for hydroxylation is 2. The van der Waals surface area contributed by atoms with E-state index in [0.717, 1.165) is 30.6 Å². The molecule has 3 unspecified atom stereocenters. The predicted octanol–water partition coefficient (Wildman–Crippen LogP) is 9.21. The lowest BCUT2D eigenvalue weighted by Gasteiger charge is -2.28. The van der Waals surface area contributed by atoms with Crippen LogP contribution in [0.2, 0.25) is 0 Å². The fourth-order valence-corrected chi connectivity index (χ4v) is 7.80. The fraction of sp³-hybridized carbons (Fsp3) is 0.429. The molecule has 0 amide bonds. The van der Waals surface area contributed by atoms with E-state index in [4.69, 9.17) is 0 Å². The number of allylic oxidation sites excluding steroid dienone is 5. The first-order valence-electron chi connectivity index (χ1n) is 13.8. The van der Waals surface area contributed by atoms with E-state index < -0.39 is 0 Å². The fourth-order valence-electron chi connectivity index (χ4n) is 7.80. The van der Waals surface area contributed by atoms with Crippen molar-refractivity contribution in [1.29, 1.82) is 0 Å². The number of fused-ring (bicyclic) bond motifs is 3. The third-order valence-electron chi connectivity index (χ3n) is 9.78. The van der Waals surface area contributed by atoms with E-state index in [1.54, 1.807) is 5.56 Å². The van der Waals surface area contributed by atoms with E-state index in [9.17, 15) is 0 Å². The third kappa shape index (κ3) is 4.10. The zero-order valence-electron chi connectivity index (χ0n) is 21.9. The highest BCUT2D eigenvalue weighted by atomic mass is 14.4. The molecule has 2 saturated carbocycles. The Balaban J connectivity index is 1.31. The minimum Gasteiger partial charge on any atom is -0.0986 e. The van der Waals surface area contributed by atoms with Crippen LogP contribution in [0.25, 0.3) is 17.2 Å². The van der Waals surface area contributed by atoms with Gasteiger partial charge in [-0.1, -0.05) is 91.8 Å². The predicted molar refractivity (Wildman–Crippen MR) is 150 cm³/mol. The molecule has 5 atom stereocenters. The van der Waals surface area contributed by atoms with Crippen LogP contribution in [0, 0.1) is 43.4 Å². The van der Waals surface area contributed by atoms with Gasteiger partial charge in [0.05, 0.1) is 0 Å². The molecule has 0 aliphatic heterocycles. The minimum atomic E-state index is 0.369. The van der Waals surface area contributed by atoms with Crippen molar-refractivity contribution in [2.75, 3.05) is 0 Å². The Morgan fingerprint density at radius 1 is 0.971 bits per heavy atom. The van der Waals surface area contributed by atoms with Gasteiger partial charge in [-0.05, 0) is 115 Å². The molecule has 0 saturated heterocycles. The molecule has 2 bridgehead atoms. The molecule has 180 valence electrons. The molecular weight excluding hydrogens is 420 g/mol. The lowest BCUT2D eigenvalue weighted by atomic mass is 9.77. The Morgan fingerprint density at radius 2 is 1.83 bits per heavy atom. The third-order valence-corrected chi connectivity index (χ3v) is 9.78. The van der Waals surface area contributed by atoms with Gasteiger partial charge in [0.25, 0.3) is 0 Å². The minimum absolute atomic E-state index is 0.369. The van der Waals surface area contributed by atoms with Gasteiger partial charge in [-0.2, -0.15) is 0 Å². The van der Waals surface area contributed by atoms with E-state index in [2.05, 4.69) is 82.5 Å². The maximum Gasteiger partial charge on any atom is 0.00826 e. The molecule has 0 spiro atoms. The average molecular weight is 461 g/mol. The Hall–Kier alpha value is -2.60. The summed E-state index contributed by atoms with van der Waals surface area (Å²) in [6, 6.07) is 11.9. The molecule has 0 heterocycles. The first-order valence-corrected chi connectivity index (χ1v) is 13.8. The number of hydrogen-bond acceptors (Lipinski definition) is 0. The highest BCUT2D eigenvalue weighted by molar-refractivity contribution is 5.80. The van der Waals surface area contributed by atoms with Crippen molar-refractivity contribution in [2.24, 2.45) is 29.6 Å². The molecule has 2 fully saturated rings. The molecule has 0 nitrogen and oxygen atoms in total. The largest absolute Gasteiger partial charge is 0.0986 e. The first-order chi connectivity index (χ1) is 16.9. The van der Waals surface area contributed by atoms with Crippen molar-refractivity contribution >= 4 is 6.08 Å². The normalized spacial score (nSPS) is 29.1. The van der Waals surface area contributed by atoms with Gasteiger partial charge in [0, 0.05) is 5.92 Å². The Kier molecular flexibility index (Phi) is 5.75.